The fourth-order valence-corrected chi connectivity index (χ4v) is 2.61. The van der Waals surface area contributed by atoms with E-state index in [1.54, 1.807) is 25.1 Å². The summed E-state index contributed by atoms with van der Waals surface area (Å²) in [5, 5.41) is 5.79. The number of ether oxygens (including phenoxy) is 1. The zero-order chi connectivity index (χ0) is 19.9. The summed E-state index contributed by atoms with van der Waals surface area (Å²) in [6.45, 7) is 1.77. The van der Waals surface area contributed by atoms with Gasteiger partial charge >= 0.3 is 0 Å². The minimum atomic E-state index is -0.914. The number of hydrogen-bond donors (Lipinski definition) is 2. The van der Waals surface area contributed by atoms with Crippen molar-refractivity contribution in [2.45, 2.75) is 13.0 Å². The van der Waals surface area contributed by atoms with Gasteiger partial charge in [0.15, 0.2) is 17.4 Å². The molecule has 1 amide bonds. The third-order valence-electron chi connectivity index (χ3n) is 4.14. The van der Waals surface area contributed by atoms with Crippen molar-refractivity contribution >= 4 is 11.6 Å². The summed E-state index contributed by atoms with van der Waals surface area (Å²) >= 11 is 0. The average molecular weight is 382 g/mol. The molecule has 2 N–H and O–H groups in total. The van der Waals surface area contributed by atoms with Crippen LogP contribution in [0.15, 0.2) is 72.8 Å². The molecule has 1 atom stereocenters. The minimum Gasteiger partial charge on any atom is -0.455 e. The summed E-state index contributed by atoms with van der Waals surface area (Å²) in [6, 6.07) is 19.7. The summed E-state index contributed by atoms with van der Waals surface area (Å²) < 4.78 is 32.2. The first kappa shape index (κ1) is 19.5. The molecule has 0 unspecified atom stereocenters. The molecule has 3 rings (SSSR count). The normalized spacial score (nSPS) is 11.7. The molecule has 28 heavy (non-hydrogen) atoms. The number of hydrogen-bond acceptors (Lipinski definition) is 3. The Balaban J connectivity index is 1.59. The Labute approximate surface area is 162 Å². The Bertz CT molecular complexity index is 948. The lowest BCUT2D eigenvalue weighted by atomic mass is 10.1. The molecule has 0 aromatic heterocycles. The molecule has 0 saturated carbocycles. The Kier molecular flexibility index (Phi) is 6.34. The summed E-state index contributed by atoms with van der Waals surface area (Å²) in [6.07, 6.45) is 0. The van der Waals surface area contributed by atoms with Gasteiger partial charge in [-0.05, 0) is 48.9 Å². The van der Waals surface area contributed by atoms with Crippen LogP contribution in [-0.4, -0.2) is 12.5 Å². The number of anilines is 1. The lowest BCUT2D eigenvalue weighted by Crippen LogP contribution is -2.30. The van der Waals surface area contributed by atoms with Crippen LogP contribution in [0, 0.1) is 11.6 Å². The van der Waals surface area contributed by atoms with Crippen molar-refractivity contribution in [2.24, 2.45) is 0 Å². The van der Waals surface area contributed by atoms with Crippen molar-refractivity contribution in [3.05, 3.63) is 90.0 Å². The number of rotatable bonds is 7. The van der Waals surface area contributed by atoms with Gasteiger partial charge in [0.05, 0.1) is 12.2 Å². The molecule has 6 heteroatoms. The van der Waals surface area contributed by atoms with Crippen LogP contribution in [0.5, 0.6) is 11.5 Å². The van der Waals surface area contributed by atoms with Gasteiger partial charge in [-0.3, -0.25) is 4.79 Å². The van der Waals surface area contributed by atoms with E-state index in [1.165, 1.54) is 6.07 Å². The maximum Gasteiger partial charge on any atom is 0.238 e. The van der Waals surface area contributed by atoms with E-state index in [1.807, 2.05) is 36.4 Å². The topological polar surface area (TPSA) is 50.4 Å². The fraction of sp³-hybridized carbons (Fsp3) is 0.136. The number of carbonyl (C=O) groups is 1. The van der Waals surface area contributed by atoms with E-state index < -0.39 is 11.6 Å². The van der Waals surface area contributed by atoms with E-state index >= 15 is 0 Å². The van der Waals surface area contributed by atoms with E-state index in [9.17, 15) is 13.6 Å². The highest BCUT2D eigenvalue weighted by atomic mass is 19.2. The maximum absolute atomic E-state index is 13.4. The number of para-hydroxylation sites is 3. The third kappa shape index (κ3) is 5.14. The van der Waals surface area contributed by atoms with Crippen LogP contribution in [0.2, 0.25) is 0 Å². The van der Waals surface area contributed by atoms with Crippen molar-refractivity contribution < 1.29 is 18.3 Å². The first-order valence-electron chi connectivity index (χ1n) is 8.83. The van der Waals surface area contributed by atoms with Gasteiger partial charge in [-0.1, -0.05) is 36.4 Å². The molecule has 0 fully saturated rings. The smallest absolute Gasteiger partial charge is 0.238 e. The molecule has 3 aromatic rings. The van der Waals surface area contributed by atoms with Crippen LogP contribution in [0.1, 0.15) is 18.5 Å². The second kappa shape index (κ2) is 9.10. The largest absolute Gasteiger partial charge is 0.455 e. The zero-order valence-corrected chi connectivity index (χ0v) is 15.3. The second-order valence-corrected chi connectivity index (χ2v) is 6.24. The Morgan fingerprint density at radius 3 is 2.43 bits per heavy atom. The third-order valence-corrected chi connectivity index (χ3v) is 4.14. The number of halogens is 2. The van der Waals surface area contributed by atoms with Gasteiger partial charge in [-0.15, -0.1) is 0 Å². The van der Waals surface area contributed by atoms with Gasteiger partial charge in [0.1, 0.15) is 5.75 Å². The maximum atomic E-state index is 13.4. The lowest BCUT2D eigenvalue weighted by Gasteiger charge is -2.16. The fourth-order valence-electron chi connectivity index (χ4n) is 2.61. The highest BCUT2D eigenvalue weighted by Crippen LogP contribution is 2.29. The summed E-state index contributed by atoms with van der Waals surface area (Å²) in [7, 11) is 0. The van der Waals surface area contributed by atoms with Crippen LogP contribution >= 0.6 is 0 Å². The molecule has 0 bridgehead atoms. The van der Waals surface area contributed by atoms with E-state index in [4.69, 9.17) is 4.74 Å². The molecule has 0 aliphatic rings. The first-order chi connectivity index (χ1) is 13.5. The van der Waals surface area contributed by atoms with Crippen LogP contribution in [0.25, 0.3) is 0 Å². The molecule has 0 radical (unpaired) electrons. The quantitative estimate of drug-likeness (QED) is 0.601. The number of amides is 1. The first-order valence-corrected chi connectivity index (χ1v) is 8.83. The highest BCUT2D eigenvalue weighted by molar-refractivity contribution is 5.93. The van der Waals surface area contributed by atoms with Crippen LogP contribution in [0.3, 0.4) is 0 Å². The SMILES string of the molecule is C[C@@H](NCC(=O)Nc1ccccc1Oc1ccccc1)c1ccc(F)c(F)c1. The number of benzene rings is 3. The number of carbonyl (C=O) groups excluding carboxylic acids is 1. The molecule has 0 saturated heterocycles. The standard InChI is InChI=1S/C22H20F2N2O2/c1-15(16-11-12-18(23)19(24)13-16)25-14-22(27)26-20-9-5-6-10-21(20)28-17-7-3-2-4-8-17/h2-13,15,25H,14H2,1H3,(H,26,27)/t15-/m1/s1. The summed E-state index contributed by atoms with van der Waals surface area (Å²) in [5.41, 5.74) is 1.10. The predicted molar refractivity (Wildman–Crippen MR) is 104 cm³/mol. The summed E-state index contributed by atoms with van der Waals surface area (Å²) in [5.74, 6) is -0.908. The second-order valence-electron chi connectivity index (χ2n) is 6.24. The Hall–Kier alpha value is -3.25. The van der Waals surface area contributed by atoms with Crippen molar-refractivity contribution in [3.8, 4) is 11.5 Å². The van der Waals surface area contributed by atoms with E-state index in [2.05, 4.69) is 10.6 Å². The summed E-state index contributed by atoms with van der Waals surface area (Å²) in [4.78, 5) is 12.3. The average Bonchev–Trinajstić information content (AvgIpc) is 2.70. The van der Waals surface area contributed by atoms with Crippen LogP contribution < -0.4 is 15.4 Å². The van der Waals surface area contributed by atoms with E-state index in [0.717, 1.165) is 12.1 Å². The van der Waals surface area contributed by atoms with Crippen LogP contribution in [0.4, 0.5) is 14.5 Å². The molecular formula is C22H20F2N2O2. The Morgan fingerprint density at radius 2 is 1.68 bits per heavy atom. The monoisotopic (exact) mass is 382 g/mol. The molecule has 0 heterocycles. The number of nitrogens with one attached hydrogen (secondary N) is 2. The van der Waals surface area contributed by atoms with Gasteiger partial charge in [-0.2, -0.15) is 0 Å². The van der Waals surface area contributed by atoms with Crippen molar-refractivity contribution in [1.82, 2.24) is 5.32 Å². The predicted octanol–water partition coefficient (Wildman–Crippen LogP) is 5.05. The molecule has 0 spiro atoms. The van der Waals surface area contributed by atoms with Crippen LogP contribution in [-0.2, 0) is 4.79 Å². The minimum absolute atomic E-state index is 0.000165. The lowest BCUT2D eigenvalue weighted by molar-refractivity contribution is -0.115. The molecule has 144 valence electrons. The van der Waals surface area contributed by atoms with Crippen molar-refractivity contribution in [2.75, 3.05) is 11.9 Å². The molecular weight excluding hydrogens is 362 g/mol. The zero-order valence-electron chi connectivity index (χ0n) is 15.3. The molecule has 0 aliphatic heterocycles. The highest BCUT2D eigenvalue weighted by Gasteiger charge is 2.12. The van der Waals surface area contributed by atoms with E-state index in [0.29, 0.717) is 22.7 Å². The van der Waals surface area contributed by atoms with Gasteiger partial charge in [0.2, 0.25) is 5.91 Å². The molecule has 3 aromatic carbocycles. The molecule has 0 aliphatic carbocycles. The Morgan fingerprint density at radius 1 is 0.964 bits per heavy atom. The van der Waals surface area contributed by atoms with Gasteiger partial charge in [0, 0.05) is 6.04 Å². The molecule has 4 nitrogen and oxygen atoms in total. The van der Waals surface area contributed by atoms with Crippen molar-refractivity contribution in [1.29, 1.82) is 0 Å². The van der Waals surface area contributed by atoms with Gasteiger partial charge in [-0.25, -0.2) is 8.78 Å². The van der Waals surface area contributed by atoms with Gasteiger partial charge in [0.25, 0.3) is 0 Å². The van der Waals surface area contributed by atoms with Crippen molar-refractivity contribution in [3.63, 3.8) is 0 Å². The van der Waals surface area contributed by atoms with Gasteiger partial charge < -0.3 is 15.4 Å². The van der Waals surface area contributed by atoms with E-state index in [-0.39, 0.29) is 18.5 Å².